The molecule has 106 valence electrons. The number of thioether (sulfide) groups is 1. The summed E-state index contributed by atoms with van der Waals surface area (Å²) in [5.74, 6) is 1.37. The van der Waals surface area contributed by atoms with E-state index in [1.54, 1.807) is 11.8 Å². The Kier molecular flexibility index (Phi) is 5.44. The first-order valence-corrected chi connectivity index (χ1v) is 7.75. The van der Waals surface area contributed by atoms with Gasteiger partial charge in [0.25, 0.3) is 0 Å². The molecular formula is C16H19NO2S. The van der Waals surface area contributed by atoms with E-state index in [1.807, 2.05) is 18.2 Å². The van der Waals surface area contributed by atoms with Gasteiger partial charge >= 0.3 is 5.97 Å². The molecule has 0 amide bonds. The molecule has 0 saturated heterocycles. The molecule has 0 heterocycles. The average molecular weight is 289 g/mol. The summed E-state index contributed by atoms with van der Waals surface area (Å²) in [4.78, 5) is 11.0. The maximum absolute atomic E-state index is 11.0. The van der Waals surface area contributed by atoms with Crippen molar-refractivity contribution in [2.75, 3.05) is 18.6 Å². The predicted octanol–water partition coefficient (Wildman–Crippen LogP) is 3.14. The van der Waals surface area contributed by atoms with Crippen molar-refractivity contribution in [1.29, 1.82) is 0 Å². The van der Waals surface area contributed by atoms with Crippen LogP contribution in [0.1, 0.15) is 18.0 Å². The summed E-state index contributed by atoms with van der Waals surface area (Å²) < 4.78 is 4.62. The molecule has 4 heteroatoms. The second-order valence-electron chi connectivity index (χ2n) is 4.58. The van der Waals surface area contributed by atoms with E-state index < -0.39 is 0 Å². The van der Waals surface area contributed by atoms with Gasteiger partial charge in [-0.1, -0.05) is 42.5 Å². The van der Waals surface area contributed by atoms with E-state index in [9.17, 15) is 4.79 Å². The molecular weight excluding hydrogens is 270 g/mol. The van der Waals surface area contributed by atoms with Crippen molar-refractivity contribution in [1.82, 2.24) is 0 Å². The number of ether oxygens (including phenoxy) is 1. The monoisotopic (exact) mass is 289 g/mol. The van der Waals surface area contributed by atoms with Gasteiger partial charge in [0.2, 0.25) is 0 Å². The van der Waals surface area contributed by atoms with Crippen LogP contribution in [0.3, 0.4) is 0 Å². The molecule has 2 rings (SSSR count). The van der Waals surface area contributed by atoms with Crippen LogP contribution in [0.2, 0.25) is 0 Å². The molecule has 1 atom stereocenters. The van der Waals surface area contributed by atoms with Crippen LogP contribution >= 0.6 is 11.8 Å². The molecule has 20 heavy (non-hydrogen) atoms. The van der Waals surface area contributed by atoms with E-state index in [0.29, 0.717) is 6.42 Å². The average Bonchev–Trinajstić information content (AvgIpc) is 2.50. The van der Waals surface area contributed by atoms with Gasteiger partial charge in [-0.2, -0.15) is 11.8 Å². The van der Waals surface area contributed by atoms with Gasteiger partial charge in [0.1, 0.15) is 0 Å². The molecule has 2 N–H and O–H groups in total. The quantitative estimate of drug-likeness (QED) is 0.655. The Morgan fingerprint density at radius 1 is 1.25 bits per heavy atom. The first kappa shape index (κ1) is 14.9. The third-order valence-corrected chi connectivity index (χ3v) is 4.29. The number of esters is 1. The van der Waals surface area contributed by atoms with Gasteiger partial charge < -0.3 is 10.5 Å². The molecule has 0 aliphatic carbocycles. The molecule has 0 saturated carbocycles. The van der Waals surface area contributed by atoms with Gasteiger partial charge in [-0.05, 0) is 16.3 Å². The van der Waals surface area contributed by atoms with Crippen molar-refractivity contribution in [3.63, 3.8) is 0 Å². The number of hydrogen-bond acceptors (Lipinski definition) is 4. The molecule has 0 radical (unpaired) electrons. The number of rotatable bonds is 6. The largest absolute Gasteiger partial charge is 0.469 e. The lowest BCUT2D eigenvalue weighted by atomic mass is 10.0. The van der Waals surface area contributed by atoms with Gasteiger partial charge in [0.15, 0.2) is 0 Å². The minimum absolute atomic E-state index is 0.0243. The maximum Gasteiger partial charge on any atom is 0.306 e. The number of nitrogens with two attached hydrogens (primary N) is 1. The summed E-state index contributed by atoms with van der Waals surface area (Å²) in [6, 6.07) is 14.4. The molecule has 1 unspecified atom stereocenters. The van der Waals surface area contributed by atoms with E-state index >= 15 is 0 Å². The Bertz CT molecular complexity index is 580. The number of benzene rings is 2. The highest BCUT2D eigenvalue weighted by Crippen LogP contribution is 2.25. The number of carbonyl (C=O) groups excluding carboxylic acids is 1. The third kappa shape index (κ3) is 3.74. The zero-order chi connectivity index (χ0) is 14.4. The summed E-state index contributed by atoms with van der Waals surface area (Å²) >= 11 is 1.68. The normalized spacial score (nSPS) is 12.3. The number of fused-ring (bicyclic) bond motifs is 1. The Morgan fingerprint density at radius 2 is 2.00 bits per heavy atom. The second kappa shape index (κ2) is 7.31. The van der Waals surface area contributed by atoms with E-state index in [2.05, 4.69) is 29.0 Å². The Hall–Kier alpha value is -1.52. The lowest BCUT2D eigenvalue weighted by molar-refractivity contribution is -0.140. The molecule has 0 aliphatic rings. The van der Waals surface area contributed by atoms with Crippen LogP contribution in [0.5, 0.6) is 0 Å². The lowest BCUT2D eigenvalue weighted by Crippen LogP contribution is -2.14. The fourth-order valence-corrected chi connectivity index (χ4v) is 3.04. The third-order valence-electron chi connectivity index (χ3n) is 3.20. The summed E-state index contributed by atoms with van der Waals surface area (Å²) in [7, 11) is 1.41. The Balaban J connectivity index is 1.97. The van der Waals surface area contributed by atoms with Crippen LogP contribution in [0.15, 0.2) is 42.5 Å². The minimum Gasteiger partial charge on any atom is -0.469 e. The molecule has 0 spiro atoms. The Morgan fingerprint density at radius 3 is 2.80 bits per heavy atom. The standard InChI is InChI=1S/C16H19NO2S/c1-19-16(18)9-10-20-11-15(17)14-8-4-6-12-5-2-3-7-13(12)14/h2-8,15H,9-11,17H2,1H3. The fourth-order valence-electron chi connectivity index (χ4n) is 2.13. The highest BCUT2D eigenvalue weighted by atomic mass is 32.2. The molecule has 0 fully saturated rings. The topological polar surface area (TPSA) is 52.3 Å². The molecule has 3 nitrogen and oxygen atoms in total. The van der Waals surface area contributed by atoms with Gasteiger partial charge in [0, 0.05) is 17.5 Å². The lowest BCUT2D eigenvalue weighted by Gasteiger charge is -2.14. The van der Waals surface area contributed by atoms with Crippen LogP contribution in [-0.2, 0) is 9.53 Å². The molecule has 2 aromatic carbocycles. The van der Waals surface area contributed by atoms with Crippen molar-refractivity contribution < 1.29 is 9.53 Å². The van der Waals surface area contributed by atoms with E-state index in [4.69, 9.17) is 5.73 Å². The van der Waals surface area contributed by atoms with E-state index in [0.717, 1.165) is 17.1 Å². The van der Waals surface area contributed by atoms with E-state index in [-0.39, 0.29) is 12.0 Å². The summed E-state index contributed by atoms with van der Waals surface area (Å²) in [5.41, 5.74) is 7.43. The zero-order valence-corrected chi connectivity index (χ0v) is 12.4. The first-order chi connectivity index (χ1) is 9.72. The maximum atomic E-state index is 11.0. The SMILES string of the molecule is COC(=O)CCSCC(N)c1cccc2ccccc12. The smallest absolute Gasteiger partial charge is 0.306 e. The highest BCUT2D eigenvalue weighted by molar-refractivity contribution is 7.99. The molecule has 0 bridgehead atoms. The summed E-state index contributed by atoms with van der Waals surface area (Å²) in [6.07, 6.45) is 0.434. The summed E-state index contributed by atoms with van der Waals surface area (Å²) in [5, 5.41) is 2.41. The molecule has 0 aliphatic heterocycles. The zero-order valence-electron chi connectivity index (χ0n) is 11.5. The number of hydrogen-bond donors (Lipinski definition) is 1. The van der Waals surface area contributed by atoms with Crippen molar-refractivity contribution in [3.05, 3.63) is 48.0 Å². The van der Waals surface area contributed by atoms with Crippen LogP contribution < -0.4 is 5.73 Å². The van der Waals surface area contributed by atoms with Crippen LogP contribution in [0.25, 0.3) is 10.8 Å². The number of methoxy groups -OCH3 is 1. The number of carbonyl (C=O) groups is 1. The van der Waals surface area contributed by atoms with Gasteiger partial charge in [-0.15, -0.1) is 0 Å². The highest BCUT2D eigenvalue weighted by Gasteiger charge is 2.10. The fraction of sp³-hybridized carbons (Fsp3) is 0.312. The molecule has 0 aromatic heterocycles. The van der Waals surface area contributed by atoms with Gasteiger partial charge in [-0.25, -0.2) is 0 Å². The van der Waals surface area contributed by atoms with Crippen molar-refractivity contribution >= 4 is 28.5 Å². The Labute approximate surface area is 123 Å². The van der Waals surface area contributed by atoms with Crippen molar-refractivity contribution in [2.45, 2.75) is 12.5 Å². The van der Waals surface area contributed by atoms with E-state index in [1.165, 1.54) is 17.9 Å². The summed E-state index contributed by atoms with van der Waals surface area (Å²) in [6.45, 7) is 0. The molecule has 2 aromatic rings. The van der Waals surface area contributed by atoms with Gasteiger partial charge in [-0.3, -0.25) is 4.79 Å². The van der Waals surface area contributed by atoms with Crippen LogP contribution in [-0.4, -0.2) is 24.6 Å². The first-order valence-electron chi connectivity index (χ1n) is 6.60. The van der Waals surface area contributed by atoms with Crippen molar-refractivity contribution in [3.8, 4) is 0 Å². The van der Waals surface area contributed by atoms with Crippen molar-refractivity contribution in [2.24, 2.45) is 5.73 Å². The predicted molar refractivity (Wildman–Crippen MR) is 84.8 cm³/mol. The minimum atomic E-state index is -0.170. The van der Waals surface area contributed by atoms with Gasteiger partial charge in [0.05, 0.1) is 13.5 Å². The van der Waals surface area contributed by atoms with Crippen LogP contribution in [0.4, 0.5) is 0 Å². The van der Waals surface area contributed by atoms with Crippen LogP contribution in [0, 0.1) is 0 Å². The second-order valence-corrected chi connectivity index (χ2v) is 5.73.